The SMILES string of the molecule is CCCCCCCCCCCCCCc1ccc(OC(C)COC(=O)C(C)CC[N+](C)(C)Cc2ccccc2)cc1. The van der Waals surface area contributed by atoms with Crippen LogP contribution < -0.4 is 4.74 Å². The Morgan fingerprint density at radius 2 is 1.29 bits per heavy atom. The van der Waals surface area contributed by atoms with Crippen LogP contribution in [0.3, 0.4) is 0 Å². The second-order valence-electron chi connectivity index (χ2n) is 12.8. The minimum atomic E-state index is -0.182. The standard InChI is InChI=1S/C37H60NO3/c1-6-7-8-9-10-11-12-13-14-15-16-18-21-34-24-26-36(27-25-34)41-33(3)31-40-37(39)32(2)28-29-38(4,5)30-35-22-19-17-20-23-35/h17,19-20,22-27,32-33H,6-16,18,21,28-31H2,1-5H3/q+1. The van der Waals surface area contributed by atoms with E-state index in [4.69, 9.17) is 9.47 Å². The molecule has 4 nitrogen and oxygen atoms in total. The second-order valence-corrected chi connectivity index (χ2v) is 12.8. The number of aryl methyl sites for hydroxylation is 1. The lowest BCUT2D eigenvalue weighted by Gasteiger charge is -2.30. The number of rotatable bonds is 23. The Labute approximate surface area is 252 Å². The Morgan fingerprint density at radius 3 is 1.88 bits per heavy atom. The van der Waals surface area contributed by atoms with Crippen molar-refractivity contribution in [2.75, 3.05) is 27.2 Å². The summed E-state index contributed by atoms with van der Waals surface area (Å²) in [5, 5.41) is 0. The van der Waals surface area contributed by atoms with E-state index in [-0.39, 0.29) is 24.6 Å². The molecule has 0 aliphatic carbocycles. The van der Waals surface area contributed by atoms with Gasteiger partial charge in [0, 0.05) is 12.0 Å². The molecule has 0 aliphatic heterocycles. The average Bonchev–Trinajstić information content (AvgIpc) is 2.96. The smallest absolute Gasteiger partial charge is 0.309 e. The summed E-state index contributed by atoms with van der Waals surface area (Å²) in [6.07, 6.45) is 18.3. The molecule has 0 amide bonds. The van der Waals surface area contributed by atoms with E-state index in [2.05, 4.69) is 57.4 Å². The van der Waals surface area contributed by atoms with Crippen LogP contribution in [0.25, 0.3) is 0 Å². The molecule has 2 aromatic carbocycles. The fourth-order valence-electron chi connectivity index (χ4n) is 5.33. The third-order valence-electron chi connectivity index (χ3n) is 8.06. The number of carbonyl (C=O) groups excluding carboxylic acids is 1. The minimum absolute atomic E-state index is 0.130. The maximum absolute atomic E-state index is 12.6. The summed E-state index contributed by atoms with van der Waals surface area (Å²) >= 11 is 0. The highest BCUT2D eigenvalue weighted by molar-refractivity contribution is 5.71. The molecule has 0 fully saturated rings. The zero-order valence-corrected chi connectivity index (χ0v) is 27.0. The first-order valence-corrected chi connectivity index (χ1v) is 16.6. The first-order valence-electron chi connectivity index (χ1n) is 16.6. The van der Waals surface area contributed by atoms with Crippen LogP contribution in [0.1, 0.15) is 115 Å². The number of unbranched alkanes of at least 4 members (excludes halogenated alkanes) is 11. The van der Waals surface area contributed by atoms with Crippen LogP contribution in [0.5, 0.6) is 5.75 Å². The molecule has 2 unspecified atom stereocenters. The van der Waals surface area contributed by atoms with E-state index >= 15 is 0 Å². The second kappa shape index (κ2) is 20.5. The van der Waals surface area contributed by atoms with Gasteiger partial charge in [0.2, 0.25) is 0 Å². The van der Waals surface area contributed by atoms with E-state index in [9.17, 15) is 4.79 Å². The van der Waals surface area contributed by atoms with Gasteiger partial charge in [-0.3, -0.25) is 4.79 Å². The van der Waals surface area contributed by atoms with E-state index in [0.717, 1.165) is 36.2 Å². The molecule has 0 N–H and O–H groups in total. The van der Waals surface area contributed by atoms with Crippen LogP contribution in [0.15, 0.2) is 54.6 Å². The Bertz CT molecular complexity index is 925. The van der Waals surface area contributed by atoms with Crippen molar-refractivity contribution in [1.29, 1.82) is 0 Å². The molecule has 0 heterocycles. The first-order chi connectivity index (χ1) is 19.8. The van der Waals surface area contributed by atoms with Crippen LogP contribution in [-0.2, 0) is 22.5 Å². The molecule has 0 saturated carbocycles. The van der Waals surface area contributed by atoms with Gasteiger partial charge in [0.15, 0.2) is 0 Å². The molecule has 4 heteroatoms. The van der Waals surface area contributed by atoms with Gasteiger partial charge in [-0.05, 0) is 37.5 Å². The number of quaternary nitrogens is 1. The summed E-state index contributed by atoms with van der Waals surface area (Å²) in [5.41, 5.74) is 2.68. The van der Waals surface area contributed by atoms with Crippen LogP contribution in [-0.4, -0.2) is 43.8 Å². The van der Waals surface area contributed by atoms with Gasteiger partial charge in [0.1, 0.15) is 25.0 Å². The number of benzene rings is 2. The molecule has 230 valence electrons. The molecule has 41 heavy (non-hydrogen) atoms. The number of hydrogen-bond acceptors (Lipinski definition) is 3. The molecule has 2 rings (SSSR count). The quantitative estimate of drug-likeness (QED) is 0.0763. The minimum Gasteiger partial charge on any atom is -0.487 e. The van der Waals surface area contributed by atoms with Crippen LogP contribution in [0, 0.1) is 5.92 Å². The molecule has 0 radical (unpaired) electrons. The predicted octanol–water partition coefficient (Wildman–Crippen LogP) is 9.54. The van der Waals surface area contributed by atoms with E-state index in [1.165, 1.54) is 88.2 Å². The van der Waals surface area contributed by atoms with Crippen LogP contribution in [0.4, 0.5) is 0 Å². The third kappa shape index (κ3) is 16.6. The van der Waals surface area contributed by atoms with Crippen molar-refractivity contribution < 1.29 is 18.8 Å². The van der Waals surface area contributed by atoms with Crippen LogP contribution in [0.2, 0.25) is 0 Å². The number of nitrogens with zero attached hydrogens (tertiary/aromatic N) is 1. The molecule has 0 saturated heterocycles. The van der Waals surface area contributed by atoms with Crippen molar-refractivity contribution in [2.45, 2.75) is 123 Å². The fourth-order valence-corrected chi connectivity index (χ4v) is 5.33. The zero-order chi connectivity index (χ0) is 29.8. The van der Waals surface area contributed by atoms with Crippen molar-refractivity contribution >= 4 is 5.97 Å². The number of hydrogen-bond donors (Lipinski definition) is 0. The Kier molecular flexibility index (Phi) is 17.5. The van der Waals surface area contributed by atoms with Gasteiger partial charge in [0.05, 0.1) is 26.6 Å². The summed E-state index contributed by atoms with van der Waals surface area (Å²) < 4.78 is 12.5. The first kappa shape index (κ1) is 34.9. The van der Waals surface area contributed by atoms with Crippen molar-refractivity contribution in [2.24, 2.45) is 5.92 Å². The maximum Gasteiger partial charge on any atom is 0.309 e. The molecule has 2 atom stereocenters. The zero-order valence-electron chi connectivity index (χ0n) is 27.0. The van der Waals surface area contributed by atoms with Crippen molar-refractivity contribution in [3.05, 3.63) is 65.7 Å². The van der Waals surface area contributed by atoms with Crippen molar-refractivity contribution in [1.82, 2.24) is 0 Å². The molecule has 0 bridgehead atoms. The van der Waals surface area contributed by atoms with Gasteiger partial charge in [-0.15, -0.1) is 0 Å². The van der Waals surface area contributed by atoms with Crippen molar-refractivity contribution in [3.63, 3.8) is 0 Å². The summed E-state index contributed by atoms with van der Waals surface area (Å²) in [7, 11) is 4.43. The molecule has 0 aromatic heterocycles. The van der Waals surface area contributed by atoms with Crippen LogP contribution >= 0.6 is 0 Å². The Morgan fingerprint density at radius 1 is 0.732 bits per heavy atom. The van der Waals surface area contributed by atoms with E-state index in [0.29, 0.717) is 0 Å². The molecular weight excluding hydrogens is 506 g/mol. The summed E-state index contributed by atoms with van der Waals surface area (Å²) in [4.78, 5) is 12.6. The van der Waals surface area contributed by atoms with Gasteiger partial charge < -0.3 is 14.0 Å². The third-order valence-corrected chi connectivity index (χ3v) is 8.06. The highest BCUT2D eigenvalue weighted by Crippen LogP contribution is 2.18. The lowest BCUT2D eigenvalue weighted by molar-refractivity contribution is -0.904. The van der Waals surface area contributed by atoms with E-state index in [1.807, 2.05) is 32.0 Å². The Hall–Kier alpha value is -2.33. The highest BCUT2D eigenvalue weighted by atomic mass is 16.6. The predicted molar refractivity (Wildman–Crippen MR) is 173 cm³/mol. The average molecular weight is 567 g/mol. The lowest BCUT2D eigenvalue weighted by Crippen LogP contribution is -2.40. The molecule has 0 aliphatic rings. The normalized spacial score (nSPS) is 13.1. The monoisotopic (exact) mass is 566 g/mol. The number of carbonyl (C=O) groups is 1. The topological polar surface area (TPSA) is 35.5 Å². The summed E-state index contributed by atoms with van der Waals surface area (Å²) in [5.74, 6) is 0.563. The van der Waals surface area contributed by atoms with Gasteiger partial charge in [-0.2, -0.15) is 0 Å². The highest BCUT2D eigenvalue weighted by Gasteiger charge is 2.22. The van der Waals surface area contributed by atoms with E-state index in [1.54, 1.807) is 0 Å². The molecule has 0 spiro atoms. The molecule has 2 aromatic rings. The Balaban J connectivity index is 1.54. The fraction of sp³-hybridized carbons (Fsp3) is 0.649. The lowest BCUT2D eigenvalue weighted by atomic mass is 10.0. The number of esters is 1. The molecular formula is C37H60NO3+. The number of ether oxygens (including phenoxy) is 2. The largest absolute Gasteiger partial charge is 0.487 e. The van der Waals surface area contributed by atoms with Gasteiger partial charge in [-0.25, -0.2) is 0 Å². The van der Waals surface area contributed by atoms with Gasteiger partial charge in [-0.1, -0.05) is 127 Å². The summed E-state index contributed by atoms with van der Waals surface area (Å²) in [6.45, 7) is 8.34. The van der Waals surface area contributed by atoms with Crippen molar-refractivity contribution in [3.8, 4) is 5.75 Å². The maximum atomic E-state index is 12.6. The van der Waals surface area contributed by atoms with Gasteiger partial charge >= 0.3 is 5.97 Å². The van der Waals surface area contributed by atoms with E-state index < -0.39 is 0 Å². The van der Waals surface area contributed by atoms with Gasteiger partial charge in [0.25, 0.3) is 0 Å². The summed E-state index contributed by atoms with van der Waals surface area (Å²) in [6, 6.07) is 18.9.